The van der Waals surface area contributed by atoms with Gasteiger partial charge in [0.2, 0.25) is 0 Å². The number of aliphatic hydroxyl groups excluding tert-OH is 1. The summed E-state index contributed by atoms with van der Waals surface area (Å²) in [5.74, 6) is 0.578. The second kappa shape index (κ2) is 5.10. The SMILES string of the molecule is OC(CNCC1CCCCO1)C1CC1. The van der Waals surface area contributed by atoms with E-state index in [0.29, 0.717) is 12.0 Å². The molecular formula is C11H21NO2. The van der Waals surface area contributed by atoms with Crippen molar-refractivity contribution in [1.82, 2.24) is 5.32 Å². The molecule has 0 radical (unpaired) electrons. The molecule has 1 aliphatic heterocycles. The van der Waals surface area contributed by atoms with E-state index in [1.807, 2.05) is 0 Å². The maximum absolute atomic E-state index is 9.62. The fourth-order valence-corrected chi connectivity index (χ4v) is 2.01. The van der Waals surface area contributed by atoms with Crippen LogP contribution in [0.25, 0.3) is 0 Å². The van der Waals surface area contributed by atoms with Gasteiger partial charge < -0.3 is 15.2 Å². The zero-order valence-electron chi connectivity index (χ0n) is 8.74. The van der Waals surface area contributed by atoms with Gasteiger partial charge in [-0.1, -0.05) is 0 Å². The number of nitrogens with one attached hydrogen (secondary N) is 1. The summed E-state index contributed by atoms with van der Waals surface area (Å²) in [6, 6.07) is 0. The van der Waals surface area contributed by atoms with Crippen molar-refractivity contribution in [3.63, 3.8) is 0 Å². The Morgan fingerprint density at radius 1 is 1.29 bits per heavy atom. The fourth-order valence-electron chi connectivity index (χ4n) is 2.01. The Morgan fingerprint density at radius 2 is 2.14 bits per heavy atom. The van der Waals surface area contributed by atoms with Gasteiger partial charge in [0.15, 0.2) is 0 Å². The first kappa shape index (κ1) is 10.4. The minimum absolute atomic E-state index is 0.126. The van der Waals surface area contributed by atoms with Crippen LogP contribution in [0.15, 0.2) is 0 Å². The Labute approximate surface area is 85.8 Å². The average Bonchev–Trinajstić information content (AvgIpc) is 3.02. The molecular weight excluding hydrogens is 178 g/mol. The quantitative estimate of drug-likeness (QED) is 0.691. The van der Waals surface area contributed by atoms with Crippen molar-refractivity contribution in [2.24, 2.45) is 5.92 Å². The number of hydrogen-bond donors (Lipinski definition) is 2. The molecule has 2 atom stereocenters. The minimum Gasteiger partial charge on any atom is -0.392 e. The van der Waals surface area contributed by atoms with Crippen LogP contribution >= 0.6 is 0 Å². The zero-order chi connectivity index (χ0) is 9.80. The Bertz CT molecular complexity index is 165. The lowest BCUT2D eigenvalue weighted by molar-refractivity contribution is 0.0148. The molecule has 14 heavy (non-hydrogen) atoms. The molecule has 1 heterocycles. The minimum atomic E-state index is -0.126. The number of aliphatic hydroxyl groups is 1. The van der Waals surface area contributed by atoms with Gasteiger partial charge in [0, 0.05) is 19.7 Å². The van der Waals surface area contributed by atoms with E-state index in [1.54, 1.807) is 0 Å². The highest BCUT2D eigenvalue weighted by Gasteiger charge is 2.29. The fraction of sp³-hybridized carbons (Fsp3) is 1.00. The van der Waals surface area contributed by atoms with Crippen molar-refractivity contribution in [1.29, 1.82) is 0 Å². The molecule has 2 rings (SSSR count). The van der Waals surface area contributed by atoms with Gasteiger partial charge >= 0.3 is 0 Å². The van der Waals surface area contributed by atoms with Gasteiger partial charge in [-0.3, -0.25) is 0 Å². The molecule has 2 unspecified atom stereocenters. The number of ether oxygens (including phenoxy) is 1. The monoisotopic (exact) mass is 199 g/mol. The molecule has 2 fully saturated rings. The van der Waals surface area contributed by atoms with Gasteiger partial charge in [0.1, 0.15) is 0 Å². The van der Waals surface area contributed by atoms with Crippen molar-refractivity contribution < 1.29 is 9.84 Å². The molecule has 1 saturated heterocycles. The van der Waals surface area contributed by atoms with Gasteiger partial charge in [-0.15, -0.1) is 0 Å². The molecule has 0 aromatic heterocycles. The molecule has 82 valence electrons. The van der Waals surface area contributed by atoms with E-state index >= 15 is 0 Å². The lowest BCUT2D eigenvalue weighted by Gasteiger charge is -2.23. The number of hydrogen-bond acceptors (Lipinski definition) is 3. The molecule has 0 bridgehead atoms. The van der Waals surface area contributed by atoms with Crippen molar-refractivity contribution in [3.05, 3.63) is 0 Å². The van der Waals surface area contributed by atoms with Gasteiger partial charge in [-0.05, 0) is 38.0 Å². The van der Waals surface area contributed by atoms with Crippen LogP contribution in [0.4, 0.5) is 0 Å². The van der Waals surface area contributed by atoms with E-state index in [-0.39, 0.29) is 6.10 Å². The van der Waals surface area contributed by atoms with Crippen molar-refractivity contribution >= 4 is 0 Å². The van der Waals surface area contributed by atoms with Crippen molar-refractivity contribution in [2.45, 2.75) is 44.3 Å². The molecule has 2 aliphatic rings. The molecule has 1 saturated carbocycles. The summed E-state index contributed by atoms with van der Waals surface area (Å²) < 4.78 is 5.59. The maximum Gasteiger partial charge on any atom is 0.0699 e. The van der Waals surface area contributed by atoms with Gasteiger partial charge in [-0.2, -0.15) is 0 Å². The third-order valence-electron chi connectivity index (χ3n) is 3.17. The third-order valence-corrected chi connectivity index (χ3v) is 3.17. The van der Waals surface area contributed by atoms with Crippen LogP contribution in [0.5, 0.6) is 0 Å². The van der Waals surface area contributed by atoms with E-state index in [2.05, 4.69) is 5.32 Å². The van der Waals surface area contributed by atoms with Crippen molar-refractivity contribution in [3.8, 4) is 0 Å². The highest BCUT2D eigenvalue weighted by molar-refractivity contribution is 4.82. The highest BCUT2D eigenvalue weighted by Crippen LogP contribution is 2.32. The van der Waals surface area contributed by atoms with Crippen LogP contribution in [0.1, 0.15) is 32.1 Å². The predicted octanol–water partition coefficient (Wildman–Crippen LogP) is 0.916. The van der Waals surface area contributed by atoms with Gasteiger partial charge in [-0.25, -0.2) is 0 Å². The van der Waals surface area contributed by atoms with Crippen LogP contribution in [-0.2, 0) is 4.74 Å². The topological polar surface area (TPSA) is 41.5 Å². The Kier molecular flexibility index (Phi) is 3.79. The molecule has 0 aromatic rings. The Balaban J connectivity index is 1.52. The van der Waals surface area contributed by atoms with E-state index in [9.17, 15) is 5.11 Å². The van der Waals surface area contributed by atoms with E-state index in [0.717, 1.165) is 19.7 Å². The maximum atomic E-state index is 9.62. The van der Waals surface area contributed by atoms with Crippen LogP contribution < -0.4 is 5.32 Å². The van der Waals surface area contributed by atoms with E-state index in [1.165, 1.54) is 32.1 Å². The molecule has 0 spiro atoms. The Hall–Kier alpha value is -0.120. The first-order valence-electron chi connectivity index (χ1n) is 5.86. The zero-order valence-corrected chi connectivity index (χ0v) is 8.74. The highest BCUT2D eigenvalue weighted by atomic mass is 16.5. The summed E-state index contributed by atoms with van der Waals surface area (Å²) in [6.07, 6.45) is 6.35. The van der Waals surface area contributed by atoms with E-state index < -0.39 is 0 Å². The second-order valence-electron chi connectivity index (χ2n) is 4.55. The molecule has 3 heteroatoms. The lowest BCUT2D eigenvalue weighted by Crippen LogP contribution is -2.36. The summed E-state index contributed by atoms with van der Waals surface area (Å²) in [5.41, 5.74) is 0. The first-order chi connectivity index (χ1) is 6.86. The van der Waals surface area contributed by atoms with Crippen LogP contribution in [0.2, 0.25) is 0 Å². The summed E-state index contributed by atoms with van der Waals surface area (Å²) >= 11 is 0. The summed E-state index contributed by atoms with van der Waals surface area (Å²) in [6.45, 7) is 2.56. The first-order valence-corrected chi connectivity index (χ1v) is 5.86. The smallest absolute Gasteiger partial charge is 0.0699 e. The van der Waals surface area contributed by atoms with Gasteiger partial charge in [0.05, 0.1) is 12.2 Å². The normalized spacial score (nSPS) is 30.2. The van der Waals surface area contributed by atoms with Crippen LogP contribution in [0, 0.1) is 5.92 Å². The van der Waals surface area contributed by atoms with Crippen molar-refractivity contribution in [2.75, 3.05) is 19.7 Å². The molecule has 1 aliphatic carbocycles. The van der Waals surface area contributed by atoms with Gasteiger partial charge in [0.25, 0.3) is 0 Å². The van der Waals surface area contributed by atoms with E-state index in [4.69, 9.17) is 4.74 Å². The average molecular weight is 199 g/mol. The van der Waals surface area contributed by atoms with Crippen LogP contribution in [-0.4, -0.2) is 37.0 Å². The summed E-state index contributed by atoms with van der Waals surface area (Å²) in [7, 11) is 0. The largest absolute Gasteiger partial charge is 0.392 e. The second-order valence-corrected chi connectivity index (χ2v) is 4.55. The lowest BCUT2D eigenvalue weighted by atomic mass is 10.1. The Morgan fingerprint density at radius 3 is 2.79 bits per heavy atom. The van der Waals surface area contributed by atoms with Crippen LogP contribution in [0.3, 0.4) is 0 Å². The summed E-state index contributed by atoms with van der Waals surface area (Å²) in [5, 5.41) is 12.9. The third kappa shape index (κ3) is 3.23. The number of rotatable bonds is 5. The molecule has 0 aromatic carbocycles. The molecule has 3 nitrogen and oxygen atoms in total. The molecule has 0 amide bonds. The predicted molar refractivity (Wildman–Crippen MR) is 55.2 cm³/mol. The summed E-state index contributed by atoms with van der Waals surface area (Å²) in [4.78, 5) is 0. The molecule has 2 N–H and O–H groups in total. The standard InChI is InChI=1S/C11H21NO2/c13-11(9-4-5-9)8-12-7-10-3-1-2-6-14-10/h9-13H,1-8H2.